The minimum atomic E-state index is -0.684. The quantitative estimate of drug-likeness (QED) is 0.688. The van der Waals surface area contributed by atoms with Gasteiger partial charge in [0.05, 0.1) is 10.2 Å². The maximum Gasteiger partial charge on any atom is 0.184 e. The number of hydrogen-bond donors (Lipinski definition) is 1. The summed E-state index contributed by atoms with van der Waals surface area (Å²) in [6.45, 7) is 0. The van der Waals surface area contributed by atoms with E-state index in [1.54, 1.807) is 0 Å². The molecule has 0 aromatic carbocycles. The highest BCUT2D eigenvalue weighted by Crippen LogP contribution is 2.24. The number of anilines is 1. The zero-order valence-corrected chi connectivity index (χ0v) is 7.08. The zero-order chi connectivity index (χ0) is 7.72. The Hall–Kier alpha value is -0.350. The Morgan fingerprint density at radius 2 is 2.30 bits per heavy atom. The number of halogens is 3. The lowest BCUT2D eigenvalue weighted by molar-refractivity contribution is 0.626. The van der Waals surface area contributed by atoms with Crippen LogP contribution < -0.4 is 5.73 Å². The normalized spacial score (nSPS) is 9.90. The summed E-state index contributed by atoms with van der Waals surface area (Å²) in [4.78, 5) is 3.50. The number of nitrogens with zero attached hydrogens (tertiary/aromatic N) is 1. The van der Waals surface area contributed by atoms with Crippen LogP contribution in [0.5, 0.6) is 0 Å². The average molecular weight is 225 g/mol. The van der Waals surface area contributed by atoms with Crippen LogP contribution in [0.1, 0.15) is 0 Å². The molecule has 2 nitrogen and oxygen atoms in total. The first-order valence-electron chi connectivity index (χ1n) is 2.38. The molecular weight excluding hydrogens is 222 g/mol. The topological polar surface area (TPSA) is 38.9 Å². The van der Waals surface area contributed by atoms with E-state index in [4.69, 9.17) is 17.3 Å². The van der Waals surface area contributed by atoms with Crippen LogP contribution in [-0.4, -0.2) is 4.98 Å². The fourth-order valence-electron chi connectivity index (χ4n) is 0.456. The molecule has 0 atom stereocenters. The first-order valence-corrected chi connectivity index (χ1v) is 3.55. The predicted octanol–water partition coefficient (Wildman–Crippen LogP) is 2.22. The van der Waals surface area contributed by atoms with E-state index in [2.05, 4.69) is 20.9 Å². The molecular formula is C5H3BrClFN2. The van der Waals surface area contributed by atoms with Gasteiger partial charge in [-0.2, -0.15) is 0 Å². The van der Waals surface area contributed by atoms with Crippen LogP contribution >= 0.6 is 27.5 Å². The third-order valence-electron chi connectivity index (χ3n) is 0.966. The SMILES string of the molecule is Nc1c(Br)cnc(Cl)c1F. The molecule has 0 fully saturated rings. The van der Waals surface area contributed by atoms with Crippen molar-refractivity contribution >= 4 is 33.2 Å². The van der Waals surface area contributed by atoms with Crippen LogP contribution in [0, 0.1) is 5.82 Å². The molecule has 10 heavy (non-hydrogen) atoms. The molecule has 5 heteroatoms. The van der Waals surface area contributed by atoms with E-state index < -0.39 is 5.82 Å². The van der Waals surface area contributed by atoms with Gasteiger partial charge in [0.25, 0.3) is 0 Å². The molecule has 54 valence electrons. The highest BCUT2D eigenvalue weighted by atomic mass is 79.9. The molecule has 0 unspecified atom stereocenters. The molecule has 1 aromatic rings. The van der Waals surface area contributed by atoms with E-state index in [0.717, 1.165) is 0 Å². The summed E-state index contributed by atoms with van der Waals surface area (Å²) in [6.07, 6.45) is 1.35. The van der Waals surface area contributed by atoms with E-state index in [9.17, 15) is 4.39 Å². The van der Waals surface area contributed by atoms with Gasteiger partial charge >= 0.3 is 0 Å². The summed E-state index contributed by atoms with van der Waals surface area (Å²) in [5.74, 6) is -0.684. The van der Waals surface area contributed by atoms with E-state index in [1.165, 1.54) is 6.20 Å². The molecule has 0 bridgehead atoms. The maximum atomic E-state index is 12.6. The van der Waals surface area contributed by atoms with Crippen molar-refractivity contribution in [2.24, 2.45) is 0 Å². The van der Waals surface area contributed by atoms with Crippen LogP contribution in [0.2, 0.25) is 5.15 Å². The Balaban J connectivity index is 3.34. The maximum absolute atomic E-state index is 12.6. The predicted molar refractivity (Wildman–Crippen MR) is 41.3 cm³/mol. The molecule has 1 rings (SSSR count). The molecule has 0 aliphatic rings. The number of nitrogens with two attached hydrogens (primary N) is 1. The van der Waals surface area contributed by atoms with Gasteiger partial charge in [0.15, 0.2) is 11.0 Å². The van der Waals surface area contributed by atoms with Gasteiger partial charge in [-0.15, -0.1) is 0 Å². The number of pyridine rings is 1. The van der Waals surface area contributed by atoms with E-state index >= 15 is 0 Å². The first-order chi connectivity index (χ1) is 4.63. The van der Waals surface area contributed by atoms with Crippen LogP contribution in [-0.2, 0) is 0 Å². The first kappa shape index (κ1) is 7.75. The average Bonchev–Trinajstić information content (AvgIpc) is 1.93. The molecule has 0 saturated heterocycles. The molecule has 0 saturated carbocycles. The van der Waals surface area contributed by atoms with Crippen LogP contribution in [0.4, 0.5) is 10.1 Å². The molecule has 0 radical (unpaired) electrons. The number of aromatic nitrogens is 1. The van der Waals surface area contributed by atoms with Gasteiger partial charge in [0, 0.05) is 6.20 Å². The largest absolute Gasteiger partial charge is 0.395 e. The van der Waals surface area contributed by atoms with Gasteiger partial charge in [-0.05, 0) is 15.9 Å². The summed E-state index contributed by atoms with van der Waals surface area (Å²) >= 11 is 8.29. The van der Waals surface area contributed by atoms with Crippen molar-refractivity contribution in [3.05, 3.63) is 21.6 Å². The number of hydrogen-bond acceptors (Lipinski definition) is 2. The monoisotopic (exact) mass is 224 g/mol. The second kappa shape index (κ2) is 2.72. The van der Waals surface area contributed by atoms with Crippen molar-refractivity contribution < 1.29 is 4.39 Å². The van der Waals surface area contributed by atoms with Crippen molar-refractivity contribution in [2.45, 2.75) is 0 Å². The van der Waals surface area contributed by atoms with Crippen LogP contribution in [0.25, 0.3) is 0 Å². The van der Waals surface area contributed by atoms with E-state index in [1.807, 2.05) is 0 Å². The van der Waals surface area contributed by atoms with Gasteiger partial charge < -0.3 is 5.73 Å². The summed E-state index contributed by atoms with van der Waals surface area (Å²) in [7, 11) is 0. The minimum absolute atomic E-state index is 0.0139. The van der Waals surface area contributed by atoms with Gasteiger partial charge in [-0.3, -0.25) is 0 Å². The zero-order valence-electron chi connectivity index (χ0n) is 4.74. The molecule has 0 spiro atoms. The van der Waals surface area contributed by atoms with E-state index in [-0.39, 0.29) is 10.8 Å². The fraction of sp³-hybridized carbons (Fsp3) is 0. The molecule has 0 aliphatic carbocycles. The summed E-state index contributed by atoms with van der Waals surface area (Å²) in [5.41, 5.74) is 5.22. The standard InChI is InChI=1S/C5H3BrClFN2/c6-2-1-10-5(7)3(8)4(2)9/h1H,(H2,9,10). The molecule has 1 heterocycles. The molecule has 0 amide bonds. The van der Waals surface area contributed by atoms with Gasteiger partial charge in [0.1, 0.15) is 0 Å². The van der Waals surface area contributed by atoms with Gasteiger partial charge in [-0.25, -0.2) is 9.37 Å². The smallest absolute Gasteiger partial charge is 0.184 e. The lowest BCUT2D eigenvalue weighted by Gasteiger charge is -1.98. The minimum Gasteiger partial charge on any atom is -0.395 e. The Bertz CT molecular complexity index is 239. The lowest BCUT2D eigenvalue weighted by atomic mass is 10.4. The van der Waals surface area contributed by atoms with Crippen molar-refractivity contribution in [1.29, 1.82) is 0 Å². The highest BCUT2D eigenvalue weighted by Gasteiger charge is 2.07. The van der Waals surface area contributed by atoms with Crippen LogP contribution in [0.15, 0.2) is 10.7 Å². The molecule has 0 aliphatic heterocycles. The van der Waals surface area contributed by atoms with Crippen molar-refractivity contribution in [2.75, 3.05) is 5.73 Å². The summed E-state index contributed by atoms with van der Waals surface area (Å²) in [5, 5.41) is -0.208. The lowest BCUT2D eigenvalue weighted by Crippen LogP contribution is -1.94. The second-order valence-electron chi connectivity index (χ2n) is 1.62. The Morgan fingerprint density at radius 1 is 1.70 bits per heavy atom. The second-order valence-corrected chi connectivity index (χ2v) is 2.84. The van der Waals surface area contributed by atoms with Gasteiger partial charge in [0.2, 0.25) is 0 Å². The molecule has 2 N–H and O–H groups in total. The third kappa shape index (κ3) is 1.22. The van der Waals surface area contributed by atoms with Crippen molar-refractivity contribution in [3.8, 4) is 0 Å². The van der Waals surface area contributed by atoms with Gasteiger partial charge in [-0.1, -0.05) is 11.6 Å². The Morgan fingerprint density at radius 3 is 2.80 bits per heavy atom. The fourth-order valence-corrected chi connectivity index (χ4v) is 0.883. The number of rotatable bonds is 0. The third-order valence-corrected chi connectivity index (χ3v) is 1.86. The van der Waals surface area contributed by atoms with Crippen LogP contribution in [0.3, 0.4) is 0 Å². The van der Waals surface area contributed by atoms with Crippen molar-refractivity contribution in [1.82, 2.24) is 4.98 Å². The summed E-state index contributed by atoms with van der Waals surface area (Å²) in [6, 6.07) is 0. The van der Waals surface area contributed by atoms with E-state index in [0.29, 0.717) is 4.47 Å². The Kier molecular flexibility index (Phi) is 2.11. The summed E-state index contributed by atoms with van der Waals surface area (Å²) < 4.78 is 13.1. The van der Waals surface area contributed by atoms with Crippen molar-refractivity contribution in [3.63, 3.8) is 0 Å². The number of nitrogen functional groups attached to an aromatic ring is 1. The Labute approximate surface area is 70.3 Å². The highest BCUT2D eigenvalue weighted by molar-refractivity contribution is 9.10. The molecule has 1 aromatic heterocycles.